The van der Waals surface area contributed by atoms with Crippen LogP contribution in [0.2, 0.25) is 0 Å². The number of nitrogens with two attached hydrogens (primary N) is 1. The van der Waals surface area contributed by atoms with E-state index in [4.69, 9.17) is 5.73 Å². The Balaban J connectivity index is 2.17. The summed E-state index contributed by atoms with van der Waals surface area (Å²) in [4.78, 5) is 23.1. The number of hydrogen-bond donors (Lipinski definition) is 2. The summed E-state index contributed by atoms with van der Waals surface area (Å²) in [6.45, 7) is 0. The first-order valence-corrected chi connectivity index (χ1v) is 7.30. The van der Waals surface area contributed by atoms with Crippen LogP contribution in [0.3, 0.4) is 0 Å². The molecule has 0 saturated carbocycles. The number of rotatable bonds is 4. The highest BCUT2D eigenvalue weighted by molar-refractivity contribution is 5.95. The van der Waals surface area contributed by atoms with E-state index >= 15 is 0 Å². The number of carbonyl (C=O) groups excluding carboxylic acids is 2. The summed E-state index contributed by atoms with van der Waals surface area (Å²) < 4.78 is 1.97. The summed E-state index contributed by atoms with van der Waals surface area (Å²) in [5, 5.41) is 3.60. The number of para-hydroxylation sites is 1. The molecule has 3 aromatic rings. The number of carbonyl (C=O) groups is 2. The fourth-order valence-electron chi connectivity index (χ4n) is 2.73. The Hall–Kier alpha value is -3.08. The molecule has 0 aliphatic carbocycles. The van der Waals surface area contributed by atoms with E-state index in [1.807, 2.05) is 53.2 Å². The third-order valence-electron chi connectivity index (χ3n) is 3.77. The molecule has 1 heterocycles. The number of fused-ring (bicyclic) bond motifs is 1. The molecule has 5 nitrogen and oxygen atoms in total. The van der Waals surface area contributed by atoms with Gasteiger partial charge in [-0.3, -0.25) is 9.59 Å². The van der Waals surface area contributed by atoms with Gasteiger partial charge in [-0.15, -0.1) is 0 Å². The minimum absolute atomic E-state index is 0.138. The van der Waals surface area contributed by atoms with E-state index in [0.29, 0.717) is 5.56 Å². The Labute approximate surface area is 133 Å². The van der Waals surface area contributed by atoms with Crippen molar-refractivity contribution < 1.29 is 9.59 Å². The van der Waals surface area contributed by atoms with Crippen molar-refractivity contribution in [3.05, 3.63) is 65.9 Å². The second-order valence-electron chi connectivity index (χ2n) is 5.31. The maximum atomic E-state index is 11.8. The van der Waals surface area contributed by atoms with Crippen LogP contribution in [-0.2, 0) is 11.2 Å². The van der Waals surface area contributed by atoms with Crippen LogP contribution in [0.25, 0.3) is 16.6 Å². The Morgan fingerprint density at radius 3 is 2.65 bits per heavy atom. The van der Waals surface area contributed by atoms with Gasteiger partial charge in [0.05, 0.1) is 11.9 Å². The number of amides is 2. The summed E-state index contributed by atoms with van der Waals surface area (Å²) >= 11 is 0. The number of hydrogen-bond acceptors (Lipinski definition) is 2. The summed E-state index contributed by atoms with van der Waals surface area (Å²) in [6, 6.07) is 15.2. The largest absolute Gasteiger partial charge is 0.369 e. The molecule has 0 aliphatic heterocycles. The van der Waals surface area contributed by atoms with Crippen LogP contribution >= 0.6 is 0 Å². The average molecular weight is 307 g/mol. The SMILES string of the molecule is CNC(=O)c1cccc(-n2cc(CC(N)=O)c3ccccc32)c1. The van der Waals surface area contributed by atoms with Crippen LogP contribution in [0.1, 0.15) is 15.9 Å². The van der Waals surface area contributed by atoms with Gasteiger partial charge in [0.1, 0.15) is 0 Å². The van der Waals surface area contributed by atoms with Crippen molar-refractivity contribution in [3.63, 3.8) is 0 Å². The first-order valence-electron chi connectivity index (χ1n) is 7.30. The van der Waals surface area contributed by atoms with Crippen LogP contribution in [0, 0.1) is 0 Å². The third kappa shape index (κ3) is 2.81. The molecule has 0 fully saturated rings. The molecule has 2 amide bonds. The third-order valence-corrected chi connectivity index (χ3v) is 3.77. The number of nitrogens with zero attached hydrogens (tertiary/aromatic N) is 1. The molecule has 3 rings (SSSR count). The van der Waals surface area contributed by atoms with Gasteiger partial charge in [0.15, 0.2) is 0 Å². The fourth-order valence-corrected chi connectivity index (χ4v) is 2.73. The van der Waals surface area contributed by atoms with Gasteiger partial charge >= 0.3 is 0 Å². The fraction of sp³-hybridized carbons (Fsp3) is 0.111. The van der Waals surface area contributed by atoms with Gasteiger partial charge in [-0.1, -0.05) is 24.3 Å². The maximum absolute atomic E-state index is 11.8. The van der Waals surface area contributed by atoms with Gasteiger partial charge in [0.25, 0.3) is 5.91 Å². The van der Waals surface area contributed by atoms with E-state index in [-0.39, 0.29) is 18.2 Å². The highest BCUT2D eigenvalue weighted by Crippen LogP contribution is 2.25. The Kier molecular flexibility index (Phi) is 3.85. The number of benzene rings is 2. The monoisotopic (exact) mass is 307 g/mol. The first-order chi connectivity index (χ1) is 11.1. The van der Waals surface area contributed by atoms with Gasteiger partial charge in [-0.2, -0.15) is 0 Å². The second kappa shape index (κ2) is 5.96. The van der Waals surface area contributed by atoms with Crippen molar-refractivity contribution in [1.82, 2.24) is 9.88 Å². The van der Waals surface area contributed by atoms with E-state index in [1.54, 1.807) is 13.1 Å². The zero-order valence-corrected chi connectivity index (χ0v) is 12.7. The molecule has 0 radical (unpaired) electrons. The molecule has 0 aliphatic rings. The predicted molar refractivity (Wildman–Crippen MR) is 89.6 cm³/mol. The van der Waals surface area contributed by atoms with Crippen molar-refractivity contribution in [2.75, 3.05) is 7.05 Å². The molecular formula is C18H17N3O2. The van der Waals surface area contributed by atoms with Crippen LogP contribution in [0.4, 0.5) is 0 Å². The van der Waals surface area contributed by atoms with Crippen molar-refractivity contribution in [2.24, 2.45) is 5.73 Å². The van der Waals surface area contributed by atoms with Gasteiger partial charge in [0.2, 0.25) is 5.91 Å². The lowest BCUT2D eigenvalue weighted by Gasteiger charge is -2.07. The lowest BCUT2D eigenvalue weighted by atomic mass is 10.1. The van der Waals surface area contributed by atoms with Gasteiger partial charge in [0, 0.05) is 29.9 Å². The Morgan fingerprint density at radius 1 is 1.13 bits per heavy atom. The zero-order chi connectivity index (χ0) is 16.4. The quantitative estimate of drug-likeness (QED) is 0.773. The van der Waals surface area contributed by atoms with Crippen LogP contribution in [-0.4, -0.2) is 23.4 Å². The normalized spacial score (nSPS) is 10.7. The molecule has 3 N–H and O–H groups in total. The molecule has 23 heavy (non-hydrogen) atoms. The van der Waals surface area contributed by atoms with Crippen molar-refractivity contribution in [2.45, 2.75) is 6.42 Å². The van der Waals surface area contributed by atoms with Crippen LogP contribution in [0.15, 0.2) is 54.7 Å². The lowest BCUT2D eigenvalue weighted by molar-refractivity contribution is -0.117. The first kappa shape index (κ1) is 14.8. The van der Waals surface area contributed by atoms with Crippen LogP contribution in [0.5, 0.6) is 0 Å². The van der Waals surface area contributed by atoms with Crippen molar-refractivity contribution in [1.29, 1.82) is 0 Å². The lowest BCUT2D eigenvalue weighted by Crippen LogP contribution is -2.17. The molecule has 116 valence electrons. The average Bonchev–Trinajstić information content (AvgIpc) is 2.92. The molecule has 0 atom stereocenters. The minimum Gasteiger partial charge on any atom is -0.369 e. The summed E-state index contributed by atoms with van der Waals surface area (Å²) in [7, 11) is 1.60. The predicted octanol–water partition coefficient (Wildman–Crippen LogP) is 2.02. The van der Waals surface area contributed by atoms with E-state index in [9.17, 15) is 9.59 Å². The van der Waals surface area contributed by atoms with Crippen LogP contribution < -0.4 is 11.1 Å². The van der Waals surface area contributed by atoms with Crippen molar-refractivity contribution >= 4 is 22.7 Å². The van der Waals surface area contributed by atoms with E-state index in [0.717, 1.165) is 22.2 Å². The summed E-state index contributed by atoms with van der Waals surface area (Å²) in [5.41, 5.74) is 8.63. The molecule has 0 spiro atoms. The van der Waals surface area contributed by atoms with E-state index < -0.39 is 0 Å². The maximum Gasteiger partial charge on any atom is 0.251 e. The van der Waals surface area contributed by atoms with Gasteiger partial charge in [-0.25, -0.2) is 0 Å². The summed E-state index contributed by atoms with van der Waals surface area (Å²) in [6.07, 6.45) is 2.08. The Morgan fingerprint density at radius 2 is 1.91 bits per heavy atom. The molecule has 2 aromatic carbocycles. The molecule has 5 heteroatoms. The Bertz CT molecular complexity index is 896. The van der Waals surface area contributed by atoms with E-state index in [1.165, 1.54) is 0 Å². The molecule has 0 saturated heterocycles. The topological polar surface area (TPSA) is 77.1 Å². The standard InChI is InChI=1S/C18H17N3O2/c1-20-18(23)12-5-4-6-14(9-12)21-11-13(10-17(19)22)15-7-2-3-8-16(15)21/h2-9,11H,10H2,1H3,(H2,19,22)(H,20,23). The highest BCUT2D eigenvalue weighted by atomic mass is 16.1. The van der Waals surface area contributed by atoms with Gasteiger partial charge in [-0.05, 0) is 29.8 Å². The number of nitrogens with one attached hydrogen (secondary N) is 1. The molecule has 0 bridgehead atoms. The minimum atomic E-state index is -0.369. The molecule has 0 unspecified atom stereocenters. The highest BCUT2D eigenvalue weighted by Gasteiger charge is 2.12. The summed E-state index contributed by atoms with van der Waals surface area (Å²) in [5.74, 6) is -0.507. The molecule has 1 aromatic heterocycles. The molecular weight excluding hydrogens is 290 g/mol. The smallest absolute Gasteiger partial charge is 0.251 e. The second-order valence-corrected chi connectivity index (χ2v) is 5.31. The zero-order valence-electron chi connectivity index (χ0n) is 12.7. The van der Waals surface area contributed by atoms with Gasteiger partial charge < -0.3 is 15.6 Å². The number of primary amides is 1. The van der Waals surface area contributed by atoms with Crippen molar-refractivity contribution in [3.8, 4) is 5.69 Å². The van der Waals surface area contributed by atoms with E-state index in [2.05, 4.69) is 5.32 Å². The number of aromatic nitrogens is 1.